The molecule has 0 aliphatic rings. The number of hydrogen-bond acceptors (Lipinski definition) is 3. The maximum absolute atomic E-state index is 13.0. The standard InChI is InChI=1S/C20H17Cl2N3O2S2/c1-13-10-11-18(24-20(28)23-16-8-4-2-6-14(16)21)19(12-13)29(26,27)25-17-9-5-3-7-15(17)22/h2-12,25H,1H3,(H2,23,24,28). The van der Waals surface area contributed by atoms with Gasteiger partial charge in [0, 0.05) is 0 Å². The Bertz CT molecular complexity index is 1170. The highest BCUT2D eigenvalue weighted by Gasteiger charge is 2.21. The van der Waals surface area contributed by atoms with Gasteiger partial charge in [0.05, 0.1) is 27.1 Å². The molecule has 0 heterocycles. The summed E-state index contributed by atoms with van der Waals surface area (Å²) in [5.41, 5.74) is 2.00. The van der Waals surface area contributed by atoms with Gasteiger partial charge in [-0.15, -0.1) is 0 Å². The molecule has 3 N–H and O–H groups in total. The number of anilines is 3. The van der Waals surface area contributed by atoms with Gasteiger partial charge in [-0.3, -0.25) is 4.72 Å². The number of sulfonamides is 1. The lowest BCUT2D eigenvalue weighted by Crippen LogP contribution is -2.22. The van der Waals surface area contributed by atoms with Crippen molar-refractivity contribution in [2.45, 2.75) is 11.8 Å². The van der Waals surface area contributed by atoms with E-state index in [1.165, 1.54) is 0 Å². The molecule has 0 aromatic heterocycles. The van der Waals surface area contributed by atoms with Crippen molar-refractivity contribution in [2.24, 2.45) is 0 Å². The van der Waals surface area contributed by atoms with Crippen molar-refractivity contribution in [3.05, 3.63) is 82.3 Å². The van der Waals surface area contributed by atoms with E-state index in [4.69, 9.17) is 35.4 Å². The number of para-hydroxylation sites is 2. The summed E-state index contributed by atoms with van der Waals surface area (Å²) in [6, 6.07) is 18.7. The molecule has 0 amide bonds. The lowest BCUT2D eigenvalue weighted by Gasteiger charge is -2.17. The third-order valence-corrected chi connectivity index (χ3v) is 6.18. The third kappa shape index (κ3) is 5.39. The van der Waals surface area contributed by atoms with E-state index in [0.29, 0.717) is 27.1 Å². The smallest absolute Gasteiger partial charge is 0.264 e. The molecule has 0 spiro atoms. The quantitative estimate of drug-likeness (QED) is 0.408. The van der Waals surface area contributed by atoms with Crippen LogP contribution in [-0.2, 0) is 10.0 Å². The minimum Gasteiger partial charge on any atom is -0.331 e. The Balaban J connectivity index is 1.88. The maximum atomic E-state index is 13.0. The van der Waals surface area contributed by atoms with Crippen molar-refractivity contribution in [1.29, 1.82) is 0 Å². The second kappa shape index (κ2) is 9.00. The fourth-order valence-corrected chi connectivity index (χ4v) is 4.51. The highest BCUT2D eigenvalue weighted by molar-refractivity contribution is 7.93. The van der Waals surface area contributed by atoms with Gasteiger partial charge in [-0.25, -0.2) is 8.42 Å². The summed E-state index contributed by atoms with van der Waals surface area (Å²) < 4.78 is 28.6. The number of aryl methyl sites for hydroxylation is 1. The molecule has 150 valence electrons. The summed E-state index contributed by atoms with van der Waals surface area (Å²) in [5, 5.41) is 6.89. The average Bonchev–Trinajstić information content (AvgIpc) is 2.67. The predicted molar refractivity (Wildman–Crippen MR) is 125 cm³/mol. The van der Waals surface area contributed by atoms with Crippen LogP contribution in [0.15, 0.2) is 71.6 Å². The molecular weight excluding hydrogens is 449 g/mol. The van der Waals surface area contributed by atoms with Gasteiger partial charge >= 0.3 is 0 Å². The van der Waals surface area contributed by atoms with Crippen LogP contribution in [0.3, 0.4) is 0 Å². The van der Waals surface area contributed by atoms with Crippen LogP contribution in [0.4, 0.5) is 17.1 Å². The summed E-state index contributed by atoms with van der Waals surface area (Å²) in [5.74, 6) is 0. The molecule has 5 nitrogen and oxygen atoms in total. The number of nitrogens with one attached hydrogen (secondary N) is 3. The van der Waals surface area contributed by atoms with Gasteiger partial charge in [0.1, 0.15) is 4.90 Å². The van der Waals surface area contributed by atoms with E-state index >= 15 is 0 Å². The first-order chi connectivity index (χ1) is 13.8. The van der Waals surface area contributed by atoms with Crippen molar-refractivity contribution >= 4 is 67.6 Å². The van der Waals surface area contributed by atoms with Gasteiger partial charge in [0.2, 0.25) is 0 Å². The molecule has 0 unspecified atom stereocenters. The van der Waals surface area contributed by atoms with Crippen LogP contribution in [0.5, 0.6) is 0 Å². The molecule has 0 aliphatic heterocycles. The van der Waals surface area contributed by atoms with E-state index in [-0.39, 0.29) is 10.0 Å². The van der Waals surface area contributed by atoms with Gasteiger partial charge in [0.15, 0.2) is 5.11 Å². The predicted octanol–water partition coefficient (Wildman–Crippen LogP) is 5.91. The molecule has 3 aromatic rings. The van der Waals surface area contributed by atoms with Crippen molar-refractivity contribution in [2.75, 3.05) is 15.4 Å². The van der Waals surface area contributed by atoms with E-state index in [9.17, 15) is 8.42 Å². The molecule has 29 heavy (non-hydrogen) atoms. The second-order valence-corrected chi connectivity index (χ2v) is 9.02. The summed E-state index contributed by atoms with van der Waals surface area (Å²) in [6.07, 6.45) is 0. The Morgan fingerprint density at radius 2 is 1.38 bits per heavy atom. The molecule has 3 rings (SSSR count). The van der Waals surface area contributed by atoms with Crippen molar-refractivity contribution in [3.63, 3.8) is 0 Å². The molecule has 0 atom stereocenters. The summed E-state index contributed by atoms with van der Waals surface area (Å²) in [4.78, 5) is 0.0423. The SMILES string of the molecule is Cc1ccc(NC(=S)Nc2ccccc2Cl)c(S(=O)(=O)Nc2ccccc2Cl)c1. The lowest BCUT2D eigenvalue weighted by molar-refractivity contribution is 0.601. The molecule has 0 fully saturated rings. The number of benzene rings is 3. The minimum atomic E-state index is -3.93. The van der Waals surface area contributed by atoms with Crippen LogP contribution >= 0.6 is 35.4 Å². The number of thiocarbonyl (C=S) groups is 1. The zero-order chi connectivity index (χ0) is 21.0. The summed E-state index contributed by atoms with van der Waals surface area (Å²) in [7, 11) is -3.93. The van der Waals surface area contributed by atoms with Crippen LogP contribution in [0, 0.1) is 6.92 Å². The molecule has 0 radical (unpaired) electrons. The highest BCUT2D eigenvalue weighted by Crippen LogP contribution is 2.29. The zero-order valence-corrected chi connectivity index (χ0v) is 18.4. The largest absolute Gasteiger partial charge is 0.331 e. The van der Waals surface area contributed by atoms with Gasteiger partial charge < -0.3 is 10.6 Å². The monoisotopic (exact) mass is 465 g/mol. The number of hydrogen-bond donors (Lipinski definition) is 3. The fraction of sp³-hybridized carbons (Fsp3) is 0.0500. The Morgan fingerprint density at radius 3 is 2.00 bits per heavy atom. The maximum Gasteiger partial charge on any atom is 0.264 e. The molecular formula is C20H17Cl2N3O2S2. The summed E-state index contributed by atoms with van der Waals surface area (Å²) in [6.45, 7) is 1.80. The van der Waals surface area contributed by atoms with Crippen LogP contribution in [0.1, 0.15) is 5.56 Å². The van der Waals surface area contributed by atoms with E-state index in [1.807, 2.05) is 6.07 Å². The first kappa shape index (κ1) is 21.4. The van der Waals surface area contributed by atoms with Gasteiger partial charge in [0.25, 0.3) is 10.0 Å². The lowest BCUT2D eigenvalue weighted by atomic mass is 10.2. The van der Waals surface area contributed by atoms with E-state index in [0.717, 1.165) is 5.56 Å². The second-order valence-electron chi connectivity index (χ2n) is 6.14. The van der Waals surface area contributed by atoms with Crippen molar-refractivity contribution in [1.82, 2.24) is 0 Å². The Labute approximate surface area is 185 Å². The first-order valence-corrected chi connectivity index (χ1v) is 11.1. The van der Waals surface area contributed by atoms with E-state index in [1.54, 1.807) is 67.6 Å². The minimum absolute atomic E-state index is 0.0423. The molecule has 9 heteroatoms. The molecule has 0 aliphatic carbocycles. The average molecular weight is 466 g/mol. The van der Waals surface area contributed by atoms with Crippen LogP contribution in [-0.4, -0.2) is 13.5 Å². The Hall–Kier alpha value is -2.32. The van der Waals surface area contributed by atoms with Gasteiger partial charge in [-0.05, 0) is 61.1 Å². The zero-order valence-electron chi connectivity index (χ0n) is 15.2. The highest BCUT2D eigenvalue weighted by atomic mass is 35.5. The molecule has 0 saturated heterocycles. The van der Waals surface area contributed by atoms with Crippen LogP contribution in [0.25, 0.3) is 0 Å². The Morgan fingerprint density at radius 1 is 0.828 bits per heavy atom. The number of rotatable bonds is 5. The topological polar surface area (TPSA) is 70.2 Å². The van der Waals surface area contributed by atoms with Crippen LogP contribution in [0.2, 0.25) is 10.0 Å². The summed E-state index contributed by atoms with van der Waals surface area (Å²) >= 11 is 17.6. The molecule has 0 bridgehead atoms. The van der Waals surface area contributed by atoms with Crippen molar-refractivity contribution in [3.8, 4) is 0 Å². The van der Waals surface area contributed by atoms with Gasteiger partial charge in [-0.2, -0.15) is 0 Å². The number of halogens is 2. The van der Waals surface area contributed by atoms with E-state index in [2.05, 4.69) is 15.4 Å². The van der Waals surface area contributed by atoms with Gasteiger partial charge in [-0.1, -0.05) is 53.5 Å². The third-order valence-electron chi connectivity index (χ3n) is 3.92. The molecule has 3 aromatic carbocycles. The van der Waals surface area contributed by atoms with Crippen molar-refractivity contribution < 1.29 is 8.42 Å². The van der Waals surface area contributed by atoms with Crippen LogP contribution < -0.4 is 15.4 Å². The molecule has 0 saturated carbocycles. The Kier molecular flexibility index (Phi) is 6.64. The van der Waals surface area contributed by atoms with E-state index < -0.39 is 10.0 Å². The first-order valence-electron chi connectivity index (χ1n) is 8.47. The normalized spacial score (nSPS) is 11.0. The fourth-order valence-electron chi connectivity index (χ4n) is 2.54.